The Hall–Kier alpha value is -2.30. The van der Waals surface area contributed by atoms with Crippen molar-refractivity contribution in [2.24, 2.45) is 0 Å². The van der Waals surface area contributed by atoms with E-state index < -0.39 is 5.97 Å². The predicted molar refractivity (Wildman–Crippen MR) is 73.9 cm³/mol. The Morgan fingerprint density at radius 1 is 1.30 bits per heavy atom. The van der Waals surface area contributed by atoms with Gasteiger partial charge in [-0.05, 0) is 30.7 Å². The summed E-state index contributed by atoms with van der Waals surface area (Å²) in [6.07, 6.45) is 3.37. The average Bonchev–Trinajstić information content (AvgIpc) is 2.94. The molecule has 0 unspecified atom stereocenters. The summed E-state index contributed by atoms with van der Waals surface area (Å²) >= 11 is 0. The zero-order valence-electron chi connectivity index (χ0n) is 11.3. The first-order chi connectivity index (χ1) is 9.70. The van der Waals surface area contributed by atoms with Crippen molar-refractivity contribution >= 4 is 5.97 Å². The van der Waals surface area contributed by atoms with Crippen LogP contribution in [0.1, 0.15) is 36.7 Å². The maximum absolute atomic E-state index is 10.7. The van der Waals surface area contributed by atoms with Crippen LogP contribution in [-0.4, -0.2) is 22.8 Å². The van der Waals surface area contributed by atoms with Gasteiger partial charge in [-0.2, -0.15) is 0 Å². The third-order valence-corrected chi connectivity index (χ3v) is 2.88. The smallest absolute Gasteiger partial charge is 0.358 e. The highest BCUT2D eigenvalue weighted by atomic mass is 16.5. The van der Waals surface area contributed by atoms with Gasteiger partial charge in [-0.3, -0.25) is 0 Å². The number of nitrogens with zero attached hydrogens (tertiary/aromatic N) is 1. The van der Waals surface area contributed by atoms with E-state index in [0.717, 1.165) is 24.2 Å². The van der Waals surface area contributed by atoms with Crippen LogP contribution in [0, 0.1) is 0 Å². The number of hydrogen-bond acceptors (Lipinski definition) is 4. The summed E-state index contributed by atoms with van der Waals surface area (Å²) in [7, 11) is 0. The summed E-state index contributed by atoms with van der Waals surface area (Å²) in [4.78, 5) is 10.7. The number of aromatic nitrogens is 1. The van der Waals surface area contributed by atoms with Crippen LogP contribution in [0.3, 0.4) is 0 Å². The van der Waals surface area contributed by atoms with Crippen molar-refractivity contribution in [3.8, 4) is 17.1 Å². The van der Waals surface area contributed by atoms with E-state index >= 15 is 0 Å². The lowest BCUT2D eigenvalue weighted by Crippen LogP contribution is -1.96. The van der Waals surface area contributed by atoms with Gasteiger partial charge in [0.1, 0.15) is 5.75 Å². The number of benzene rings is 1. The standard InChI is InChI=1S/C15H17NO4/c1-2-3-4-9-19-12-7-5-11(6-8-12)14-10-13(15(17)18)16-20-14/h5-8,10H,2-4,9H2,1H3,(H,17,18). The molecule has 0 spiro atoms. The zero-order chi connectivity index (χ0) is 14.4. The van der Waals surface area contributed by atoms with E-state index in [4.69, 9.17) is 14.4 Å². The largest absolute Gasteiger partial charge is 0.494 e. The first kappa shape index (κ1) is 14.1. The number of aromatic carboxylic acids is 1. The van der Waals surface area contributed by atoms with Gasteiger partial charge in [0.15, 0.2) is 11.5 Å². The molecule has 0 bridgehead atoms. The van der Waals surface area contributed by atoms with E-state index in [-0.39, 0.29) is 5.69 Å². The molecule has 1 aromatic carbocycles. The van der Waals surface area contributed by atoms with Gasteiger partial charge in [-0.1, -0.05) is 24.9 Å². The summed E-state index contributed by atoms with van der Waals surface area (Å²) in [5.41, 5.74) is 0.672. The molecule has 1 aromatic heterocycles. The zero-order valence-corrected chi connectivity index (χ0v) is 11.3. The monoisotopic (exact) mass is 275 g/mol. The number of ether oxygens (including phenoxy) is 1. The third kappa shape index (κ3) is 3.60. The van der Waals surface area contributed by atoms with Crippen molar-refractivity contribution in [1.29, 1.82) is 0 Å². The van der Waals surface area contributed by atoms with Crippen LogP contribution in [0.4, 0.5) is 0 Å². The molecule has 1 N–H and O–H groups in total. The molecule has 0 atom stereocenters. The number of carboxylic acid groups (broad SMARTS) is 1. The fraction of sp³-hybridized carbons (Fsp3) is 0.333. The first-order valence-electron chi connectivity index (χ1n) is 6.64. The van der Waals surface area contributed by atoms with Gasteiger partial charge in [0.2, 0.25) is 0 Å². The molecular formula is C15H17NO4. The summed E-state index contributed by atoms with van der Waals surface area (Å²) < 4.78 is 10.6. The minimum Gasteiger partial charge on any atom is -0.494 e. The molecule has 0 radical (unpaired) electrons. The van der Waals surface area contributed by atoms with Gasteiger partial charge in [0.25, 0.3) is 0 Å². The van der Waals surface area contributed by atoms with Gasteiger partial charge in [-0.25, -0.2) is 4.79 Å². The lowest BCUT2D eigenvalue weighted by atomic mass is 10.1. The molecule has 0 aliphatic rings. The molecule has 5 nitrogen and oxygen atoms in total. The van der Waals surface area contributed by atoms with Crippen molar-refractivity contribution in [1.82, 2.24) is 5.16 Å². The maximum Gasteiger partial charge on any atom is 0.358 e. The van der Waals surface area contributed by atoms with Crippen molar-refractivity contribution < 1.29 is 19.2 Å². The van der Waals surface area contributed by atoms with E-state index in [0.29, 0.717) is 12.4 Å². The third-order valence-electron chi connectivity index (χ3n) is 2.88. The molecule has 0 aliphatic heterocycles. The number of unbranched alkanes of at least 4 members (excludes halogenated alkanes) is 2. The minimum absolute atomic E-state index is 0.0973. The van der Waals surface area contributed by atoms with Crippen LogP contribution in [0.15, 0.2) is 34.9 Å². The Morgan fingerprint density at radius 3 is 2.65 bits per heavy atom. The van der Waals surface area contributed by atoms with Crippen molar-refractivity contribution in [3.63, 3.8) is 0 Å². The SMILES string of the molecule is CCCCCOc1ccc(-c2cc(C(=O)O)no2)cc1. The summed E-state index contributed by atoms with van der Waals surface area (Å²) in [5, 5.41) is 12.3. The van der Waals surface area contributed by atoms with Gasteiger partial charge < -0.3 is 14.4 Å². The quantitative estimate of drug-likeness (QED) is 0.781. The fourth-order valence-corrected chi connectivity index (χ4v) is 1.77. The highest BCUT2D eigenvalue weighted by Crippen LogP contribution is 2.23. The summed E-state index contributed by atoms with van der Waals surface area (Å²) in [6.45, 7) is 2.86. The van der Waals surface area contributed by atoms with Crippen LogP contribution in [-0.2, 0) is 0 Å². The number of rotatable bonds is 7. The second kappa shape index (κ2) is 6.75. The molecule has 0 saturated heterocycles. The van der Waals surface area contributed by atoms with E-state index in [9.17, 15) is 4.79 Å². The van der Waals surface area contributed by atoms with Gasteiger partial charge in [0.05, 0.1) is 6.61 Å². The molecule has 0 amide bonds. The Kier molecular flexibility index (Phi) is 4.76. The first-order valence-corrected chi connectivity index (χ1v) is 6.64. The lowest BCUT2D eigenvalue weighted by molar-refractivity contribution is 0.0686. The maximum atomic E-state index is 10.7. The molecule has 106 valence electrons. The van der Waals surface area contributed by atoms with Crippen LogP contribution >= 0.6 is 0 Å². The number of hydrogen-bond donors (Lipinski definition) is 1. The molecule has 0 fully saturated rings. The Balaban J connectivity index is 1.98. The Labute approximate surface area is 117 Å². The fourth-order valence-electron chi connectivity index (χ4n) is 1.77. The van der Waals surface area contributed by atoms with Gasteiger partial charge >= 0.3 is 5.97 Å². The second-order valence-electron chi connectivity index (χ2n) is 4.46. The molecule has 2 rings (SSSR count). The van der Waals surface area contributed by atoms with Crippen LogP contribution < -0.4 is 4.74 Å². The lowest BCUT2D eigenvalue weighted by Gasteiger charge is -2.05. The molecule has 5 heteroatoms. The molecule has 2 aromatic rings. The molecule has 1 heterocycles. The molecule has 20 heavy (non-hydrogen) atoms. The van der Waals surface area contributed by atoms with E-state index in [1.54, 1.807) is 0 Å². The number of carboxylic acids is 1. The van der Waals surface area contributed by atoms with Crippen LogP contribution in [0.25, 0.3) is 11.3 Å². The molecule has 0 aliphatic carbocycles. The van der Waals surface area contributed by atoms with Crippen LogP contribution in [0.5, 0.6) is 5.75 Å². The highest BCUT2D eigenvalue weighted by molar-refractivity contribution is 5.86. The summed E-state index contributed by atoms with van der Waals surface area (Å²) in [6, 6.07) is 8.72. The Morgan fingerprint density at radius 2 is 2.05 bits per heavy atom. The highest BCUT2D eigenvalue weighted by Gasteiger charge is 2.11. The van der Waals surface area contributed by atoms with Gasteiger partial charge in [-0.15, -0.1) is 0 Å². The normalized spacial score (nSPS) is 10.4. The van der Waals surface area contributed by atoms with Crippen molar-refractivity contribution in [2.75, 3.05) is 6.61 Å². The summed E-state index contributed by atoms with van der Waals surface area (Å²) in [5.74, 6) is 0.124. The average molecular weight is 275 g/mol. The minimum atomic E-state index is -1.10. The van der Waals surface area contributed by atoms with E-state index in [1.807, 2.05) is 24.3 Å². The second-order valence-corrected chi connectivity index (χ2v) is 4.46. The number of carbonyl (C=O) groups is 1. The van der Waals surface area contributed by atoms with Gasteiger partial charge in [0, 0.05) is 11.6 Å². The van der Waals surface area contributed by atoms with Crippen molar-refractivity contribution in [2.45, 2.75) is 26.2 Å². The molecular weight excluding hydrogens is 258 g/mol. The predicted octanol–water partition coefficient (Wildman–Crippen LogP) is 3.61. The van der Waals surface area contributed by atoms with E-state index in [1.165, 1.54) is 12.5 Å². The Bertz CT molecular complexity index is 560. The topological polar surface area (TPSA) is 72.6 Å². The van der Waals surface area contributed by atoms with Crippen molar-refractivity contribution in [3.05, 3.63) is 36.0 Å². The van der Waals surface area contributed by atoms with Crippen LogP contribution in [0.2, 0.25) is 0 Å². The molecule has 0 saturated carbocycles. The van der Waals surface area contributed by atoms with E-state index in [2.05, 4.69) is 12.1 Å².